The maximum absolute atomic E-state index is 13.6. The molecule has 10 heteroatoms. The molecule has 1 atom stereocenters. The molecule has 1 saturated heterocycles. The summed E-state index contributed by atoms with van der Waals surface area (Å²) in [4.78, 5) is 16.6. The number of aromatic amines is 1. The third-order valence-corrected chi connectivity index (χ3v) is 11.9. The van der Waals surface area contributed by atoms with Crippen molar-refractivity contribution in [2.24, 2.45) is 5.92 Å². The zero-order chi connectivity index (χ0) is 37.3. The molecule has 7 rings (SSSR count). The number of H-pyrrole nitrogens is 1. The third kappa shape index (κ3) is 9.33. The van der Waals surface area contributed by atoms with E-state index in [1.165, 1.54) is 16.8 Å². The molecular weight excluding hydrogens is 695 g/mol. The first-order chi connectivity index (χ1) is 26.5. The van der Waals surface area contributed by atoms with Crippen molar-refractivity contribution in [3.05, 3.63) is 89.8 Å². The molecule has 0 bridgehead atoms. The summed E-state index contributed by atoms with van der Waals surface area (Å²) in [6.07, 6.45) is 11.6. The number of ether oxygens (including phenoxy) is 3. The van der Waals surface area contributed by atoms with Crippen molar-refractivity contribution in [2.75, 3.05) is 51.0 Å². The Labute approximate surface area is 322 Å². The van der Waals surface area contributed by atoms with E-state index in [1.54, 1.807) is 0 Å². The van der Waals surface area contributed by atoms with Gasteiger partial charge in [0.25, 0.3) is 0 Å². The molecule has 0 radical (unpaired) electrons. The Morgan fingerprint density at radius 3 is 2.61 bits per heavy atom. The average Bonchev–Trinajstić information content (AvgIpc) is 3.77. The SMILES string of the molecule is CCCCOCCOc1ccc(-c2ccc3c(c2)/C=C(/c2nc4ccc([S@](=O)Cc5c(C)ncn5CCC)cc4[nH]2)CCCN3CC2CCOCC2)cc1. The van der Waals surface area contributed by atoms with Crippen LogP contribution in [0.5, 0.6) is 5.75 Å². The maximum atomic E-state index is 13.6. The molecule has 2 aliphatic heterocycles. The molecule has 1 N–H and O–H groups in total. The van der Waals surface area contributed by atoms with Crippen LogP contribution in [-0.4, -0.2) is 69.9 Å². The van der Waals surface area contributed by atoms with Crippen molar-refractivity contribution in [3.63, 3.8) is 0 Å². The number of aryl methyl sites for hydroxylation is 2. The molecule has 0 aliphatic carbocycles. The van der Waals surface area contributed by atoms with E-state index in [1.807, 2.05) is 43.6 Å². The van der Waals surface area contributed by atoms with Crippen LogP contribution in [0.1, 0.15) is 81.6 Å². The highest BCUT2D eigenvalue weighted by Crippen LogP contribution is 2.36. The first-order valence-corrected chi connectivity index (χ1v) is 21.2. The van der Waals surface area contributed by atoms with Crippen molar-refractivity contribution >= 4 is 39.2 Å². The van der Waals surface area contributed by atoms with Crippen molar-refractivity contribution in [2.45, 2.75) is 82.9 Å². The Morgan fingerprint density at radius 1 is 0.963 bits per heavy atom. The molecule has 0 saturated carbocycles. The summed E-state index contributed by atoms with van der Waals surface area (Å²) >= 11 is 0. The molecule has 2 aromatic heterocycles. The lowest BCUT2D eigenvalue weighted by Crippen LogP contribution is -2.34. The molecule has 286 valence electrons. The molecule has 4 heterocycles. The van der Waals surface area contributed by atoms with Gasteiger partial charge in [-0.1, -0.05) is 38.5 Å². The minimum absolute atomic E-state index is 0.441. The fourth-order valence-electron chi connectivity index (χ4n) is 7.53. The minimum atomic E-state index is -1.21. The Hall–Kier alpha value is -4.25. The predicted molar refractivity (Wildman–Crippen MR) is 219 cm³/mol. The first kappa shape index (κ1) is 38.0. The maximum Gasteiger partial charge on any atom is 0.134 e. The number of nitrogens with zero attached hydrogens (tertiary/aromatic N) is 4. The zero-order valence-electron chi connectivity index (χ0n) is 32.1. The summed E-state index contributed by atoms with van der Waals surface area (Å²) in [5.74, 6) is 2.80. The summed E-state index contributed by atoms with van der Waals surface area (Å²) in [6, 6.07) is 21.2. The second kappa shape index (κ2) is 18.4. The van der Waals surface area contributed by atoms with E-state index in [0.717, 1.165) is 134 Å². The van der Waals surface area contributed by atoms with E-state index in [-0.39, 0.29) is 0 Å². The highest BCUT2D eigenvalue weighted by atomic mass is 32.2. The summed E-state index contributed by atoms with van der Waals surface area (Å²) in [5, 5.41) is 0. The predicted octanol–water partition coefficient (Wildman–Crippen LogP) is 9.22. The first-order valence-electron chi connectivity index (χ1n) is 19.9. The van der Waals surface area contributed by atoms with E-state index in [4.69, 9.17) is 19.2 Å². The molecule has 3 aromatic carbocycles. The third-order valence-electron chi connectivity index (χ3n) is 10.6. The number of nitrogens with one attached hydrogen (secondary N) is 1. The Kier molecular flexibility index (Phi) is 13.0. The number of unbranched alkanes of at least 4 members (excludes halogenated alkanes) is 1. The number of hydrogen-bond donors (Lipinski definition) is 1. The Balaban J connectivity index is 1.15. The van der Waals surface area contributed by atoms with Crippen molar-refractivity contribution in [1.29, 1.82) is 0 Å². The molecule has 2 aliphatic rings. The van der Waals surface area contributed by atoms with Crippen LogP contribution in [0, 0.1) is 12.8 Å². The van der Waals surface area contributed by atoms with E-state index in [0.29, 0.717) is 24.9 Å². The molecule has 0 amide bonds. The van der Waals surface area contributed by atoms with Gasteiger partial charge in [0.1, 0.15) is 18.2 Å². The Bertz CT molecular complexity index is 2050. The van der Waals surface area contributed by atoms with Crippen molar-refractivity contribution in [3.8, 4) is 16.9 Å². The molecule has 5 aromatic rings. The van der Waals surface area contributed by atoms with Gasteiger partial charge in [-0.15, -0.1) is 0 Å². The van der Waals surface area contributed by atoms with Gasteiger partial charge in [-0.05, 0) is 122 Å². The zero-order valence-corrected chi connectivity index (χ0v) is 33.0. The van der Waals surface area contributed by atoms with Gasteiger partial charge in [-0.3, -0.25) is 4.21 Å². The fraction of sp³-hybridized carbons (Fsp3) is 0.455. The summed E-state index contributed by atoms with van der Waals surface area (Å²) < 4.78 is 33.1. The summed E-state index contributed by atoms with van der Waals surface area (Å²) in [6.45, 7) is 12.8. The minimum Gasteiger partial charge on any atom is -0.491 e. The molecule has 9 nitrogen and oxygen atoms in total. The van der Waals surface area contributed by atoms with Crippen LogP contribution in [0.4, 0.5) is 5.69 Å². The molecule has 0 unspecified atom stereocenters. The van der Waals surface area contributed by atoms with Gasteiger partial charge in [0.05, 0.1) is 51.9 Å². The lowest BCUT2D eigenvalue weighted by atomic mass is 9.94. The fourth-order valence-corrected chi connectivity index (χ4v) is 8.78. The Morgan fingerprint density at radius 2 is 1.80 bits per heavy atom. The number of fused-ring (bicyclic) bond motifs is 2. The standard InChI is InChI=1S/C44H55N5O4S/c1-4-6-21-51-24-25-53-38-12-9-34(10-13-38)35-11-16-42-37(26-35)27-36(8-7-20-48(42)29-33-17-22-52-23-18-33)44-46-40-15-14-39(28-41(40)47-44)54(50)30-43-32(3)45-31-49(43)19-5-2/h9-16,26-28,31,33H,4-8,17-25,29-30H2,1-3H3,(H,46,47)/b36-27+/t54-/m1/s1. The van der Waals surface area contributed by atoms with Gasteiger partial charge in [0, 0.05) is 50.0 Å². The number of benzene rings is 3. The highest BCUT2D eigenvalue weighted by molar-refractivity contribution is 7.84. The highest BCUT2D eigenvalue weighted by Gasteiger charge is 2.23. The quantitative estimate of drug-likeness (QED) is 0.101. The van der Waals surface area contributed by atoms with Gasteiger partial charge < -0.3 is 28.7 Å². The lowest BCUT2D eigenvalue weighted by molar-refractivity contribution is 0.0682. The van der Waals surface area contributed by atoms with E-state index >= 15 is 0 Å². The molecule has 1 fully saturated rings. The van der Waals surface area contributed by atoms with E-state index in [2.05, 4.69) is 69.7 Å². The summed E-state index contributed by atoms with van der Waals surface area (Å²) in [5.41, 5.74) is 9.72. The molecular formula is C44H55N5O4S. The number of imidazole rings is 2. The number of rotatable bonds is 16. The average molecular weight is 750 g/mol. The number of allylic oxidation sites excluding steroid dienone is 1. The van der Waals surface area contributed by atoms with Gasteiger partial charge in [-0.25, -0.2) is 9.97 Å². The second-order valence-electron chi connectivity index (χ2n) is 14.6. The largest absolute Gasteiger partial charge is 0.491 e. The second-order valence-corrected chi connectivity index (χ2v) is 16.1. The van der Waals surface area contributed by atoms with Gasteiger partial charge >= 0.3 is 0 Å². The smallest absolute Gasteiger partial charge is 0.134 e. The van der Waals surface area contributed by atoms with Crippen LogP contribution in [0.15, 0.2) is 71.9 Å². The van der Waals surface area contributed by atoms with Crippen molar-refractivity contribution < 1.29 is 18.4 Å². The van der Waals surface area contributed by atoms with E-state index < -0.39 is 10.8 Å². The topological polar surface area (TPSA) is 94.5 Å². The van der Waals surface area contributed by atoms with Gasteiger partial charge in [0.15, 0.2) is 0 Å². The van der Waals surface area contributed by atoms with Crippen LogP contribution in [0.3, 0.4) is 0 Å². The number of anilines is 1. The van der Waals surface area contributed by atoms with Crippen LogP contribution >= 0.6 is 0 Å². The molecule has 54 heavy (non-hydrogen) atoms. The van der Waals surface area contributed by atoms with Gasteiger partial charge in [-0.2, -0.15) is 0 Å². The van der Waals surface area contributed by atoms with Crippen molar-refractivity contribution in [1.82, 2.24) is 19.5 Å². The van der Waals surface area contributed by atoms with E-state index in [9.17, 15) is 4.21 Å². The summed E-state index contributed by atoms with van der Waals surface area (Å²) in [7, 11) is -1.21. The molecule has 0 spiro atoms. The monoisotopic (exact) mass is 749 g/mol. The number of aromatic nitrogens is 4. The number of hydrogen-bond acceptors (Lipinski definition) is 7. The van der Waals surface area contributed by atoms with Gasteiger partial charge in [0.2, 0.25) is 0 Å². The normalized spacial score (nSPS) is 16.8. The van der Waals surface area contributed by atoms with Crippen LogP contribution in [0.2, 0.25) is 0 Å². The lowest BCUT2D eigenvalue weighted by Gasteiger charge is -2.33. The van der Waals surface area contributed by atoms with Crippen LogP contribution in [0.25, 0.3) is 33.8 Å². The van der Waals surface area contributed by atoms with Crippen LogP contribution < -0.4 is 9.64 Å². The van der Waals surface area contributed by atoms with Crippen LogP contribution in [-0.2, 0) is 32.6 Å².